The summed E-state index contributed by atoms with van der Waals surface area (Å²) >= 11 is 0. The van der Waals surface area contributed by atoms with Gasteiger partial charge < -0.3 is 14.7 Å². The number of carbonyl (C=O) groups is 1. The second kappa shape index (κ2) is 7.05. The molecule has 0 saturated carbocycles. The normalized spacial score (nSPS) is 17.4. The standard InChI is InChI=1S/C20H23NO3/c1-14-4-3-5-16(10-14)18-11-15(6-8-19(18)24-2)12-21-17(13-22)7-9-20(21)23/h3-6,8,10-11,17,22H,7,9,12-13H2,1-2H3. The van der Waals surface area contributed by atoms with E-state index in [1.807, 2.05) is 18.2 Å². The van der Waals surface area contributed by atoms with Gasteiger partial charge in [0.05, 0.1) is 19.8 Å². The molecule has 0 aromatic heterocycles. The van der Waals surface area contributed by atoms with Crippen LogP contribution in [0, 0.1) is 6.92 Å². The third kappa shape index (κ3) is 3.29. The van der Waals surface area contributed by atoms with Crippen LogP contribution in [0.4, 0.5) is 0 Å². The van der Waals surface area contributed by atoms with E-state index in [1.165, 1.54) is 5.56 Å². The van der Waals surface area contributed by atoms with Crippen LogP contribution in [0.25, 0.3) is 11.1 Å². The van der Waals surface area contributed by atoms with Gasteiger partial charge in [-0.25, -0.2) is 0 Å². The molecule has 24 heavy (non-hydrogen) atoms. The Morgan fingerprint density at radius 3 is 2.79 bits per heavy atom. The Kier molecular flexibility index (Phi) is 4.86. The fraction of sp³-hybridized carbons (Fsp3) is 0.350. The molecule has 0 spiro atoms. The van der Waals surface area contributed by atoms with E-state index in [0.29, 0.717) is 13.0 Å². The highest BCUT2D eigenvalue weighted by Gasteiger charge is 2.30. The van der Waals surface area contributed by atoms with Crippen molar-refractivity contribution in [2.24, 2.45) is 0 Å². The second-order valence-corrected chi connectivity index (χ2v) is 6.30. The number of likely N-dealkylation sites (tertiary alicyclic amines) is 1. The molecule has 0 aliphatic carbocycles. The van der Waals surface area contributed by atoms with Crippen LogP contribution in [0.15, 0.2) is 42.5 Å². The van der Waals surface area contributed by atoms with Crippen molar-refractivity contribution in [1.82, 2.24) is 4.90 Å². The second-order valence-electron chi connectivity index (χ2n) is 6.30. The molecule has 1 unspecified atom stereocenters. The van der Waals surface area contributed by atoms with Crippen LogP contribution in [0.2, 0.25) is 0 Å². The SMILES string of the molecule is COc1ccc(CN2C(=O)CCC2CO)cc1-c1cccc(C)c1. The first-order chi connectivity index (χ1) is 11.6. The number of carbonyl (C=O) groups excluding carboxylic acids is 1. The molecule has 1 heterocycles. The Hall–Kier alpha value is -2.33. The molecule has 1 aliphatic rings. The highest BCUT2D eigenvalue weighted by Crippen LogP contribution is 2.32. The van der Waals surface area contributed by atoms with Gasteiger partial charge in [-0.05, 0) is 36.6 Å². The number of nitrogens with zero attached hydrogens (tertiary/aromatic N) is 1. The van der Waals surface area contributed by atoms with Crippen LogP contribution in [0.1, 0.15) is 24.0 Å². The van der Waals surface area contributed by atoms with E-state index < -0.39 is 0 Å². The molecule has 2 aromatic rings. The predicted molar refractivity (Wildman–Crippen MR) is 93.8 cm³/mol. The minimum Gasteiger partial charge on any atom is -0.496 e. The van der Waals surface area contributed by atoms with Crippen LogP contribution in [0.3, 0.4) is 0 Å². The fourth-order valence-electron chi connectivity index (χ4n) is 3.29. The Morgan fingerprint density at radius 1 is 1.25 bits per heavy atom. The van der Waals surface area contributed by atoms with Gasteiger partial charge in [0, 0.05) is 18.5 Å². The number of hydrogen-bond acceptors (Lipinski definition) is 3. The number of rotatable bonds is 5. The molecule has 4 nitrogen and oxygen atoms in total. The molecule has 2 aromatic carbocycles. The van der Waals surface area contributed by atoms with Crippen LogP contribution in [-0.2, 0) is 11.3 Å². The summed E-state index contributed by atoms with van der Waals surface area (Å²) in [5.74, 6) is 0.929. The zero-order valence-electron chi connectivity index (χ0n) is 14.2. The number of benzene rings is 2. The number of aliphatic hydroxyl groups is 1. The van der Waals surface area contributed by atoms with Crippen LogP contribution in [0.5, 0.6) is 5.75 Å². The van der Waals surface area contributed by atoms with Gasteiger partial charge in [0.25, 0.3) is 0 Å². The summed E-state index contributed by atoms with van der Waals surface area (Å²) in [4.78, 5) is 13.8. The summed E-state index contributed by atoms with van der Waals surface area (Å²) in [5, 5.41) is 9.46. The van der Waals surface area contributed by atoms with E-state index in [1.54, 1.807) is 12.0 Å². The van der Waals surface area contributed by atoms with E-state index in [0.717, 1.165) is 28.9 Å². The molecular formula is C20H23NO3. The minimum absolute atomic E-state index is 0.0205. The first-order valence-corrected chi connectivity index (χ1v) is 8.26. The van der Waals surface area contributed by atoms with Crippen LogP contribution in [-0.4, -0.2) is 35.7 Å². The molecule has 1 fully saturated rings. The zero-order valence-corrected chi connectivity index (χ0v) is 14.2. The first-order valence-electron chi connectivity index (χ1n) is 8.26. The summed E-state index contributed by atoms with van der Waals surface area (Å²) in [6, 6.07) is 14.2. The highest BCUT2D eigenvalue weighted by molar-refractivity contribution is 5.79. The lowest BCUT2D eigenvalue weighted by Gasteiger charge is -2.23. The smallest absolute Gasteiger partial charge is 0.223 e. The maximum absolute atomic E-state index is 12.1. The average Bonchev–Trinajstić information content (AvgIpc) is 2.95. The summed E-state index contributed by atoms with van der Waals surface area (Å²) in [6.07, 6.45) is 1.25. The highest BCUT2D eigenvalue weighted by atomic mass is 16.5. The molecular weight excluding hydrogens is 302 g/mol. The van der Waals surface area contributed by atoms with Gasteiger partial charge in [-0.1, -0.05) is 35.9 Å². The molecule has 1 N–H and O–H groups in total. The Morgan fingerprint density at radius 2 is 2.08 bits per heavy atom. The molecule has 1 amide bonds. The van der Waals surface area contributed by atoms with Crippen molar-refractivity contribution in [3.05, 3.63) is 53.6 Å². The number of methoxy groups -OCH3 is 1. The van der Waals surface area contributed by atoms with Crippen LogP contribution < -0.4 is 4.74 Å². The molecule has 126 valence electrons. The summed E-state index contributed by atoms with van der Waals surface area (Å²) in [7, 11) is 1.67. The number of hydrogen-bond donors (Lipinski definition) is 1. The molecule has 3 rings (SSSR count). The Balaban J connectivity index is 1.93. The molecule has 4 heteroatoms. The van der Waals surface area contributed by atoms with Crippen molar-refractivity contribution in [2.75, 3.05) is 13.7 Å². The first kappa shape index (κ1) is 16.5. The van der Waals surface area contributed by atoms with Crippen molar-refractivity contribution >= 4 is 5.91 Å². The van der Waals surface area contributed by atoms with Gasteiger partial charge in [-0.3, -0.25) is 4.79 Å². The maximum Gasteiger partial charge on any atom is 0.223 e. The van der Waals surface area contributed by atoms with Gasteiger partial charge in [0.1, 0.15) is 5.75 Å². The third-order valence-electron chi connectivity index (χ3n) is 4.61. The lowest BCUT2D eigenvalue weighted by atomic mass is 10.00. The van der Waals surface area contributed by atoms with E-state index >= 15 is 0 Å². The number of aliphatic hydroxyl groups excluding tert-OH is 1. The minimum atomic E-state index is -0.0676. The summed E-state index contributed by atoms with van der Waals surface area (Å²) < 4.78 is 5.51. The zero-order chi connectivity index (χ0) is 17.1. The number of ether oxygens (including phenoxy) is 1. The third-order valence-corrected chi connectivity index (χ3v) is 4.61. The quantitative estimate of drug-likeness (QED) is 0.919. The molecule has 1 aliphatic heterocycles. The van der Waals surface area contributed by atoms with Gasteiger partial charge in [0.2, 0.25) is 5.91 Å². The van der Waals surface area contributed by atoms with Crippen molar-refractivity contribution in [3.8, 4) is 16.9 Å². The molecule has 1 atom stereocenters. The predicted octanol–water partition coefficient (Wildman–Crippen LogP) is 3.15. The average molecular weight is 325 g/mol. The molecule has 1 saturated heterocycles. The van der Waals surface area contributed by atoms with E-state index in [9.17, 15) is 9.90 Å². The Bertz CT molecular complexity index is 741. The molecule has 0 bridgehead atoms. The number of aryl methyl sites for hydroxylation is 1. The van der Waals surface area contributed by atoms with E-state index in [-0.39, 0.29) is 18.6 Å². The lowest BCUT2D eigenvalue weighted by Crippen LogP contribution is -2.34. The van der Waals surface area contributed by atoms with Crippen molar-refractivity contribution < 1.29 is 14.6 Å². The van der Waals surface area contributed by atoms with Gasteiger partial charge in [-0.2, -0.15) is 0 Å². The maximum atomic E-state index is 12.1. The van der Waals surface area contributed by atoms with Crippen molar-refractivity contribution in [2.45, 2.75) is 32.4 Å². The van der Waals surface area contributed by atoms with Crippen molar-refractivity contribution in [3.63, 3.8) is 0 Å². The Labute approximate surface area is 142 Å². The van der Waals surface area contributed by atoms with Crippen LogP contribution >= 0.6 is 0 Å². The lowest BCUT2D eigenvalue weighted by molar-refractivity contribution is -0.130. The molecule has 0 radical (unpaired) electrons. The summed E-state index contributed by atoms with van der Waals surface area (Å²) in [5.41, 5.74) is 4.35. The monoisotopic (exact) mass is 325 g/mol. The van der Waals surface area contributed by atoms with Gasteiger partial charge in [-0.15, -0.1) is 0 Å². The van der Waals surface area contributed by atoms with Gasteiger partial charge in [0.15, 0.2) is 0 Å². The largest absolute Gasteiger partial charge is 0.496 e. The van der Waals surface area contributed by atoms with Crippen molar-refractivity contribution in [1.29, 1.82) is 0 Å². The topological polar surface area (TPSA) is 49.8 Å². The fourth-order valence-corrected chi connectivity index (χ4v) is 3.29. The van der Waals surface area contributed by atoms with E-state index in [2.05, 4.69) is 31.2 Å². The van der Waals surface area contributed by atoms with E-state index in [4.69, 9.17) is 4.74 Å². The van der Waals surface area contributed by atoms with Gasteiger partial charge >= 0.3 is 0 Å². The number of amides is 1. The summed E-state index contributed by atoms with van der Waals surface area (Å²) in [6.45, 7) is 2.61.